The fourth-order valence-corrected chi connectivity index (χ4v) is 2.80. The Morgan fingerprint density at radius 1 is 1.47 bits per heavy atom. The molecule has 0 rings (SSSR count). The van der Waals surface area contributed by atoms with Gasteiger partial charge in [0.1, 0.15) is 6.04 Å². The molecule has 1 amide bonds. The van der Waals surface area contributed by atoms with Gasteiger partial charge < -0.3 is 15.8 Å². The van der Waals surface area contributed by atoms with Crippen molar-refractivity contribution in [1.29, 1.82) is 5.41 Å². The molecular formula is C9H17N3O3S2. The average Bonchev–Trinajstić information content (AvgIpc) is 2.22. The maximum atomic E-state index is 11.6. The van der Waals surface area contributed by atoms with Crippen LogP contribution in [0.3, 0.4) is 0 Å². The highest BCUT2D eigenvalue weighted by Gasteiger charge is 2.38. The first-order chi connectivity index (χ1) is 7.70. The van der Waals surface area contributed by atoms with Crippen LogP contribution in [0.4, 0.5) is 0 Å². The summed E-state index contributed by atoms with van der Waals surface area (Å²) < 4.78 is 4.00. The summed E-state index contributed by atoms with van der Waals surface area (Å²) >= 11 is 0. The van der Waals surface area contributed by atoms with Gasteiger partial charge in [0.25, 0.3) is 0 Å². The van der Waals surface area contributed by atoms with Gasteiger partial charge in [-0.1, -0.05) is 10.8 Å². The van der Waals surface area contributed by atoms with Gasteiger partial charge in [-0.2, -0.15) is 0 Å². The lowest BCUT2D eigenvalue weighted by Crippen LogP contribution is -2.52. The molecule has 17 heavy (non-hydrogen) atoms. The Labute approximate surface area is 108 Å². The Bertz CT molecular complexity index is 321. The smallest absolute Gasteiger partial charge is 0.329 e. The predicted molar refractivity (Wildman–Crippen MR) is 70.8 cm³/mol. The molecule has 0 bridgehead atoms. The highest BCUT2D eigenvalue weighted by atomic mass is 33.1. The van der Waals surface area contributed by atoms with E-state index in [2.05, 4.69) is 10.1 Å². The van der Waals surface area contributed by atoms with Crippen LogP contribution in [-0.2, 0) is 14.3 Å². The molecule has 0 aliphatic heterocycles. The molecule has 0 saturated heterocycles. The molecule has 4 N–H and O–H groups in total. The van der Waals surface area contributed by atoms with Crippen molar-refractivity contribution in [3.63, 3.8) is 0 Å². The molecule has 0 aliphatic carbocycles. The molecule has 8 heteroatoms. The summed E-state index contributed by atoms with van der Waals surface area (Å²) in [7, 11) is 3.53. The number of methoxy groups -OCH3 is 1. The second-order valence-corrected chi connectivity index (χ2v) is 6.62. The Hall–Kier alpha value is -0.890. The van der Waals surface area contributed by atoms with Crippen LogP contribution in [0.2, 0.25) is 0 Å². The van der Waals surface area contributed by atoms with Gasteiger partial charge in [-0.25, -0.2) is 4.79 Å². The number of carbonyl (C=O) groups excluding carboxylic acids is 2. The molecule has 0 heterocycles. The minimum atomic E-state index is -0.790. The third-order valence-electron chi connectivity index (χ3n) is 1.83. The lowest BCUT2D eigenvalue weighted by molar-refractivity contribution is -0.145. The number of esters is 1. The van der Waals surface area contributed by atoms with E-state index in [-0.39, 0.29) is 11.1 Å². The van der Waals surface area contributed by atoms with Crippen molar-refractivity contribution in [2.45, 2.75) is 31.6 Å². The highest BCUT2D eigenvalue weighted by molar-refractivity contribution is 8.82. The van der Waals surface area contributed by atoms with Gasteiger partial charge in [0, 0.05) is 6.92 Å². The van der Waals surface area contributed by atoms with Gasteiger partial charge in [-0.05, 0) is 24.6 Å². The van der Waals surface area contributed by atoms with Crippen molar-refractivity contribution in [1.82, 2.24) is 5.32 Å². The number of hydrogen-bond donors (Lipinski definition) is 3. The van der Waals surface area contributed by atoms with Gasteiger partial charge in [0.15, 0.2) is 5.17 Å². The van der Waals surface area contributed by atoms with Crippen LogP contribution in [0.25, 0.3) is 0 Å². The minimum Gasteiger partial charge on any atom is -0.467 e. The largest absolute Gasteiger partial charge is 0.467 e. The van der Waals surface area contributed by atoms with Crippen molar-refractivity contribution in [3.05, 3.63) is 0 Å². The molecule has 0 spiro atoms. The molecule has 0 aromatic carbocycles. The lowest BCUT2D eigenvalue weighted by Gasteiger charge is -2.31. The molecule has 0 saturated carbocycles. The van der Waals surface area contributed by atoms with Crippen LogP contribution < -0.4 is 11.1 Å². The number of hydrogen-bond acceptors (Lipinski definition) is 6. The van der Waals surface area contributed by atoms with Crippen LogP contribution in [0.5, 0.6) is 0 Å². The quantitative estimate of drug-likeness (QED) is 0.296. The lowest BCUT2D eigenvalue weighted by atomic mass is 10.0. The van der Waals surface area contributed by atoms with E-state index in [9.17, 15) is 9.59 Å². The van der Waals surface area contributed by atoms with Crippen LogP contribution in [0, 0.1) is 5.41 Å². The van der Waals surface area contributed by atoms with Gasteiger partial charge in [0.05, 0.1) is 11.9 Å². The number of amidine groups is 1. The van der Waals surface area contributed by atoms with E-state index < -0.39 is 16.8 Å². The summed E-state index contributed by atoms with van der Waals surface area (Å²) in [4.78, 5) is 22.7. The fraction of sp³-hybridized carbons (Fsp3) is 0.667. The summed E-state index contributed by atoms with van der Waals surface area (Å²) in [6, 6.07) is -0.790. The molecule has 6 nitrogen and oxygen atoms in total. The summed E-state index contributed by atoms with van der Waals surface area (Å²) in [5, 5.41) is 9.60. The number of amides is 1. The third-order valence-corrected chi connectivity index (χ3v) is 4.83. The van der Waals surface area contributed by atoms with E-state index >= 15 is 0 Å². The zero-order valence-corrected chi connectivity index (χ0v) is 11.8. The van der Waals surface area contributed by atoms with Gasteiger partial charge >= 0.3 is 5.97 Å². The van der Waals surface area contributed by atoms with Crippen LogP contribution in [0.1, 0.15) is 20.8 Å². The molecule has 0 aliphatic rings. The van der Waals surface area contributed by atoms with E-state index in [0.717, 1.165) is 10.8 Å². The summed E-state index contributed by atoms with van der Waals surface area (Å²) in [6.45, 7) is 4.87. The van der Waals surface area contributed by atoms with E-state index in [4.69, 9.17) is 11.1 Å². The Morgan fingerprint density at radius 2 is 2.00 bits per heavy atom. The molecule has 98 valence electrons. The van der Waals surface area contributed by atoms with Gasteiger partial charge in [-0.3, -0.25) is 10.2 Å². The average molecular weight is 279 g/mol. The van der Waals surface area contributed by atoms with Crippen molar-refractivity contribution in [3.8, 4) is 0 Å². The van der Waals surface area contributed by atoms with E-state index in [1.165, 1.54) is 24.8 Å². The number of ether oxygens (including phenoxy) is 1. The van der Waals surface area contributed by atoms with E-state index in [0.29, 0.717) is 0 Å². The van der Waals surface area contributed by atoms with Gasteiger partial charge in [-0.15, -0.1) is 0 Å². The zero-order valence-electron chi connectivity index (χ0n) is 10.2. The summed E-state index contributed by atoms with van der Waals surface area (Å²) in [5.74, 6) is -0.844. The first kappa shape index (κ1) is 16.1. The second kappa shape index (κ2) is 6.75. The molecule has 1 atom stereocenters. The predicted octanol–water partition coefficient (Wildman–Crippen LogP) is 0.718. The second-order valence-electron chi connectivity index (χ2n) is 3.79. The molecule has 0 aromatic heterocycles. The molecule has 0 radical (unpaired) electrons. The van der Waals surface area contributed by atoms with E-state index in [1.54, 1.807) is 13.8 Å². The minimum absolute atomic E-state index is 0.0606. The highest BCUT2D eigenvalue weighted by Crippen LogP contribution is 2.38. The van der Waals surface area contributed by atoms with Gasteiger partial charge in [0.2, 0.25) is 5.91 Å². The van der Waals surface area contributed by atoms with E-state index in [1.807, 2.05) is 0 Å². The zero-order chi connectivity index (χ0) is 13.6. The third kappa shape index (κ3) is 5.83. The standard InChI is InChI=1S/C9H17N3O3S2/c1-5(13)12-6(7(14)15-4)9(2,3)17-16-8(10)11/h6H,1-4H3,(H3,10,11)(H,12,13). The van der Waals surface area contributed by atoms with Crippen LogP contribution in [0.15, 0.2) is 0 Å². The number of rotatable bonds is 5. The van der Waals surface area contributed by atoms with Crippen molar-refractivity contribution in [2.24, 2.45) is 5.73 Å². The normalized spacial score (nSPS) is 12.7. The number of nitrogens with one attached hydrogen (secondary N) is 2. The van der Waals surface area contributed by atoms with Crippen molar-refractivity contribution >= 4 is 38.6 Å². The van der Waals surface area contributed by atoms with Crippen molar-refractivity contribution < 1.29 is 14.3 Å². The molecule has 0 aromatic rings. The van der Waals surface area contributed by atoms with Crippen LogP contribution >= 0.6 is 21.6 Å². The summed E-state index contributed by atoms with van der Waals surface area (Å²) in [6.07, 6.45) is 0. The summed E-state index contributed by atoms with van der Waals surface area (Å²) in [5.41, 5.74) is 5.23. The SMILES string of the molecule is COC(=O)C(NC(C)=O)C(C)(C)SSC(=N)N. The number of carbonyl (C=O) groups is 2. The Balaban J connectivity index is 4.80. The topological polar surface area (TPSA) is 105 Å². The molecule has 0 fully saturated rings. The van der Waals surface area contributed by atoms with Crippen LogP contribution in [-0.4, -0.2) is 34.9 Å². The number of nitrogens with two attached hydrogens (primary N) is 1. The first-order valence-corrected chi connectivity index (χ1v) is 6.90. The molecule has 1 unspecified atom stereocenters. The maximum Gasteiger partial charge on any atom is 0.329 e. The molecular weight excluding hydrogens is 262 g/mol. The van der Waals surface area contributed by atoms with Crippen molar-refractivity contribution in [2.75, 3.05) is 7.11 Å². The first-order valence-electron chi connectivity index (χ1n) is 4.75. The Morgan fingerprint density at radius 3 is 2.35 bits per heavy atom. The Kier molecular flexibility index (Phi) is 6.40. The maximum absolute atomic E-state index is 11.6. The monoisotopic (exact) mass is 279 g/mol. The fourth-order valence-electron chi connectivity index (χ4n) is 1.04.